The van der Waals surface area contributed by atoms with Crippen LogP contribution in [0.1, 0.15) is 28.8 Å². The second kappa shape index (κ2) is 14.4. The Hall–Kier alpha value is -5.07. The van der Waals surface area contributed by atoms with Crippen molar-refractivity contribution >= 4 is 27.6 Å². The van der Waals surface area contributed by atoms with Gasteiger partial charge in [-0.05, 0) is 79.1 Å². The monoisotopic (exact) mass is 646 g/mol. The Kier molecular flexibility index (Phi) is 10.1. The fourth-order valence-electron chi connectivity index (χ4n) is 5.06. The lowest BCUT2D eigenvalue weighted by Crippen LogP contribution is -2.41. The predicted octanol–water partition coefficient (Wildman–Crippen LogP) is 5.61. The second-order valence-electron chi connectivity index (χ2n) is 10.5. The van der Waals surface area contributed by atoms with E-state index >= 15 is 0 Å². The molecule has 12 heteroatoms. The standard InChI is InChI=1S/C34H34N2O9S/c1-42-31-16-15-28(22-32(31)43-2)46(40,41)36-19-17-27(18-20-36)45-26-13-11-25(12-14-26)44-24-9-7-23(8-10-24)21-33(37)35-30-6-4-3-5-29(30)34(38)39/h3-16,22,27H,17-21H2,1-2H3,(H,35,37)(H,38,39). The molecule has 0 saturated carbocycles. The molecule has 1 aliphatic heterocycles. The summed E-state index contributed by atoms with van der Waals surface area (Å²) in [7, 11) is -0.729. The molecule has 0 radical (unpaired) electrons. The summed E-state index contributed by atoms with van der Waals surface area (Å²) >= 11 is 0. The Morgan fingerprint density at radius 3 is 2.07 bits per heavy atom. The number of aromatic carboxylic acids is 1. The average molecular weight is 647 g/mol. The van der Waals surface area contributed by atoms with Crippen molar-refractivity contribution in [2.24, 2.45) is 0 Å². The summed E-state index contributed by atoms with van der Waals surface area (Å²) in [5.74, 6) is 1.20. The SMILES string of the molecule is COc1ccc(S(=O)(=O)N2CCC(Oc3ccc(Oc4ccc(CC(=O)Nc5ccccc5C(=O)O)cc4)cc3)CC2)cc1OC. The summed E-state index contributed by atoms with van der Waals surface area (Å²) in [5.41, 5.74) is 1.01. The van der Waals surface area contributed by atoms with Crippen LogP contribution in [0.3, 0.4) is 0 Å². The van der Waals surface area contributed by atoms with Gasteiger partial charge in [-0.1, -0.05) is 24.3 Å². The first-order chi connectivity index (χ1) is 22.2. The number of nitrogens with one attached hydrogen (secondary N) is 1. The molecule has 1 aliphatic rings. The van der Waals surface area contributed by atoms with E-state index in [1.165, 1.54) is 36.7 Å². The van der Waals surface area contributed by atoms with Gasteiger partial charge >= 0.3 is 5.97 Å². The lowest BCUT2D eigenvalue weighted by Gasteiger charge is -2.31. The zero-order valence-corrected chi connectivity index (χ0v) is 26.2. The van der Waals surface area contributed by atoms with E-state index in [-0.39, 0.29) is 34.6 Å². The van der Waals surface area contributed by atoms with Crippen LogP contribution in [-0.4, -0.2) is 63.1 Å². The van der Waals surface area contributed by atoms with E-state index < -0.39 is 16.0 Å². The highest BCUT2D eigenvalue weighted by atomic mass is 32.2. The summed E-state index contributed by atoms with van der Waals surface area (Å²) in [6.07, 6.45) is 1.02. The summed E-state index contributed by atoms with van der Waals surface area (Å²) in [6, 6.07) is 25.0. The summed E-state index contributed by atoms with van der Waals surface area (Å²) < 4.78 is 50.4. The molecule has 240 valence electrons. The van der Waals surface area contributed by atoms with Gasteiger partial charge < -0.3 is 29.4 Å². The Morgan fingerprint density at radius 1 is 0.826 bits per heavy atom. The van der Waals surface area contributed by atoms with Gasteiger partial charge in [0.25, 0.3) is 0 Å². The Labute approximate surface area is 267 Å². The fraction of sp³-hybridized carbons (Fsp3) is 0.235. The van der Waals surface area contributed by atoms with Gasteiger partial charge in [-0.3, -0.25) is 4.79 Å². The molecular weight excluding hydrogens is 612 g/mol. The minimum absolute atomic E-state index is 0.0271. The molecule has 11 nitrogen and oxygen atoms in total. The third-order valence-corrected chi connectivity index (χ3v) is 9.37. The molecule has 1 saturated heterocycles. The van der Waals surface area contributed by atoms with Crippen LogP contribution in [0, 0.1) is 0 Å². The van der Waals surface area contributed by atoms with Gasteiger partial charge in [0.2, 0.25) is 15.9 Å². The lowest BCUT2D eigenvalue weighted by atomic mass is 10.1. The van der Waals surface area contributed by atoms with Crippen LogP contribution < -0.4 is 24.3 Å². The van der Waals surface area contributed by atoms with Crippen molar-refractivity contribution in [1.82, 2.24) is 4.31 Å². The number of methoxy groups -OCH3 is 2. The van der Waals surface area contributed by atoms with Gasteiger partial charge in [0, 0.05) is 19.2 Å². The van der Waals surface area contributed by atoms with Crippen LogP contribution in [-0.2, 0) is 21.2 Å². The topological polar surface area (TPSA) is 141 Å². The largest absolute Gasteiger partial charge is 0.493 e. The minimum atomic E-state index is -3.69. The Bertz CT molecular complexity index is 1780. The number of hydrogen-bond donors (Lipinski definition) is 2. The number of benzene rings is 4. The number of rotatable bonds is 12. The summed E-state index contributed by atoms with van der Waals surface area (Å²) in [6.45, 7) is 0.658. The maximum Gasteiger partial charge on any atom is 0.337 e. The van der Waals surface area contributed by atoms with Crippen LogP contribution >= 0.6 is 0 Å². The van der Waals surface area contributed by atoms with Crippen LogP contribution in [0.2, 0.25) is 0 Å². The fourth-order valence-corrected chi connectivity index (χ4v) is 6.55. The third-order valence-electron chi connectivity index (χ3n) is 7.48. The van der Waals surface area contributed by atoms with Crippen molar-refractivity contribution in [3.05, 3.63) is 102 Å². The van der Waals surface area contributed by atoms with Crippen molar-refractivity contribution in [3.63, 3.8) is 0 Å². The number of carboxylic acid groups (broad SMARTS) is 1. The molecule has 5 rings (SSSR count). The lowest BCUT2D eigenvalue weighted by molar-refractivity contribution is -0.115. The predicted molar refractivity (Wildman–Crippen MR) is 171 cm³/mol. The van der Waals surface area contributed by atoms with Crippen LogP contribution in [0.4, 0.5) is 5.69 Å². The number of piperidine rings is 1. The second-order valence-corrected chi connectivity index (χ2v) is 12.5. The number of sulfonamides is 1. The van der Waals surface area contributed by atoms with E-state index in [9.17, 15) is 23.1 Å². The van der Waals surface area contributed by atoms with Gasteiger partial charge in [0.05, 0.1) is 36.8 Å². The number of hydrogen-bond acceptors (Lipinski definition) is 8. The quantitative estimate of drug-likeness (QED) is 0.201. The number of carboxylic acids is 1. The van der Waals surface area contributed by atoms with Gasteiger partial charge in [0.1, 0.15) is 23.4 Å². The Balaban J connectivity index is 1.10. The molecule has 2 N–H and O–H groups in total. The van der Waals surface area contributed by atoms with E-state index in [1.54, 1.807) is 72.8 Å². The van der Waals surface area contributed by atoms with Crippen LogP contribution in [0.25, 0.3) is 0 Å². The van der Waals surface area contributed by atoms with Gasteiger partial charge in [-0.25, -0.2) is 13.2 Å². The molecule has 1 heterocycles. The van der Waals surface area contributed by atoms with E-state index in [0.29, 0.717) is 54.7 Å². The molecule has 46 heavy (non-hydrogen) atoms. The molecule has 4 aromatic rings. The van der Waals surface area contributed by atoms with Gasteiger partial charge in [-0.2, -0.15) is 4.31 Å². The van der Waals surface area contributed by atoms with E-state index in [2.05, 4.69) is 5.32 Å². The van der Waals surface area contributed by atoms with Crippen molar-refractivity contribution in [1.29, 1.82) is 0 Å². The number of ether oxygens (including phenoxy) is 4. The first-order valence-electron chi connectivity index (χ1n) is 14.5. The first-order valence-corrected chi connectivity index (χ1v) is 16.0. The highest BCUT2D eigenvalue weighted by molar-refractivity contribution is 7.89. The maximum atomic E-state index is 13.2. The molecule has 0 bridgehead atoms. The van der Waals surface area contributed by atoms with E-state index in [0.717, 1.165) is 5.56 Å². The molecule has 1 amide bonds. The first kappa shape index (κ1) is 32.3. The van der Waals surface area contributed by atoms with Crippen molar-refractivity contribution in [2.75, 3.05) is 32.6 Å². The molecule has 4 aromatic carbocycles. The molecule has 0 unspecified atom stereocenters. The smallest absolute Gasteiger partial charge is 0.337 e. The normalized spacial score (nSPS) is 13.9. The Morgan fingerprint density at radius 2 is 1.43 bits per heavy atom. The van der Waals surface area contributed by atoms with Crippen molar-refractivity contribution in [3.8, 4) is 28.7 Å². The number of nitrogens with zero attached hydrogens (tertiary/aromatic N) is 1. The van der Waals surface area contributed by atoms with Gasteiger partial charge in [0.15, 0.2) is 11.5 Å². The molecule has 0 spiro atoms. The van der Waals surface area contributed by atoms with Crippen LogP contribution in [0.5, 0.6) is 28.7 Å². The molecule has 0 aliphatic carbocycles. The van der Waals surface area contributed by atoms with Crippen molar-refractivity contribution in [2.45, 2.75) is 30.3 Å². The van der Waals surface area contributed by atoms with E-state index in [1.807, 2.05) is 0 Å². The van der Waals surface area contributed by atoms with E-state index in [4.69, 9.17) is 18.9 Å². The molecular formula is C34H34N2O9S. The summed E-state index contributed by atoms with van der Waals surface area (Å²) in [5, 5.41) is 12.0. The molecule has 0 atom stereocenters. The average Bonchev–Trinajstić information content (AvgIpc) is 3.06. The zero-order chi connectivity index (χ0) is 32.7. The highest BCUT2D eigenvalue weighted by Crippen LogP contribution is 2.32. The summed E-state index contributed by atoms with van der Waals surface area (Å²) in [4.78, 5) is 24.0. The number of carbonyl (C=O) groups is 2. The van der Waals surface area contributed by atoms with Crippen LogP contribution in [0.15, 0.2) is 95.9 Å². The number of carbonyl (C=O) groups excluding carboxylic acids is 1. The van der Waals surface area contributed by atoms with Crippen molar-refractivity contribution < 1.29 is 42.1 Å². The highest BCUT2D eigenvalue weighted by Gasteiger charge is 2.31. The van der Waals surface area contributed by atoms with Gasteiger partial charge in [-0.15, -0.1) is 0 Å². The molecule has 1 fully saturated rings. The number of anilines is 1. The molecule has 0 aromatic heterocycles. The maximum absolute atomic E-state index is 13.2. The number of para-hydroxylation sites is 1. The third kappa shape index (κ3) is 7.76. The zero-order valence-electron chi connectivity index (χ0n) is 25.3. The number of amides is 1. The minimum Gasteiger partial charge on any atom is -0.493 e.